The fourth-order valence-corrected chi connectivity index (χ4v) is 3.69. The molecule has 1 atom stereocenters. The molecule has 0 aromatic heterocycles. The van der Waals surface area contributed by atoms with Crippen LogP contribution >= 0.6 is 35.6 Å². The molecule has 30 heavy (non-hydrogen) atoms. The molecule has 9 heteroatoms. The highest BCUT2D eigenvalue weighted by atomic mass is 127. The Morgan fingerprint density at radius 2 is 2.13 bits per heavy atom. The Morgan fingerprint density at radius 1 is 1.33 bits per heavy atom. The molecule has 0 bridgehead atoms. The summed E-state index contributed by atoms with van der Waals surface area (Å²) in [4.78, 5) is 20.8. The molecule has 2 aliphatic rings. The van der Waals surface area contributed by atoms with E-state index in [2.05, 4.69) is 10.3 Å². The maximum atomic E-state index is 12.6. The Labute approximate surface area is 201 Å². The molecule has 1 amide bonds. The molecule has 7 nitrogen and oxygen atoms in total. The first-order chi connectivity index (χ1) is 14.2. The summed E-state index contributed by atoms with van der Waals surface area (Å²) in [7, 11) is 1.75. The topological polar surface area (TPSA) is 66.4 Å². The molecule has 0 spiro atoms. The molecule has 2 heterocycles. The van der Waals surface area contributed by atoms with E-state index in [1.807, 2.05) is 34.1 Å². The minimum absolute atomic E-state index is 0. The van der Waals surface area contributed by atoms with Gasteiger partial charge in [0.1, 0.15) is 0 Å². The number of hydrogen-bond acceptors (Lipinski definition) is 4. The highest BCUT2D eigenvalue weighted by Gasteiger charge is 2.25. The number of nitrogens with one attached hydrogen (secondary N) is 1. The van der Waals surface area contributed by atoms with Crippen molar-refractivity contribution in [2.75, 3.05) is 53.0 Å². The van der Waals surface area contributed by atoms with E-state index >= 15 is 0 Å². The van der Waals surface area contributed by atoms with E-state index in [-0.39, 0.29) is 36.0 Å². The van der Waals surface area contributed by atoms with Crippen molar-refractivity contribution in [1.82, 2.24) is 15.1 Å². The second kappa shape index (κ2) is 13.3. The van der Waals surface area contributed by atoms with Gasteiger partial charge in [-0.3, -0.25) is 9.79 Å². The lowest BCUT2D eigenvalue weighted by molar-refractivity contribution is -0.135. The summed E-state index contributed by atoms with van der Waals surface area (Å²) >= 11 is 5.93. The van der Waals surface area contributed by atoms with Crippen LogP contribution in [0.1, 0.15) is 24.8 Å². The van der Waals surface area contributed by atoms with Gasteiger partial charge in [-0.05, 0) is 37.0 Å². The molecule has 2 fully saturated rings. The molecule has 0 radical (unpaired) electrons. The normalized spacial score (nSPS) is 19.7. The Hall–Kier alpha value is -1.10. The zero-order chi connectivity index (χ0) is 20.5. The first kappa shape index (κ1) is 25.2. The maximum Gasteiger partial charge on any atom is 0.242 e. The fraction of sp³-hybridized carbons (Fsp3) is 0.619. The molecule has 1 aromatic rings. The van der Waals surface area contributed by atoms with Gasteiger partial charge in [-0.2, -0.15) is 0 Å². The Morgan fingerprint density at radius 3 is 2.80 bits per heavy atom. The minimum Gasteiger partial charge on any atom is -0.379 e. The van der Waals surface area contributed by atoms with Crippen LogP contribution in [0.2, 0.25) is 5.02 Å². The quantitative estimate of drug-likeness (QED) is 0.233. The van der Waals surface area contributed by atoms with E-state index in [9.17, 15) is 4.79 Å². The smallest absolute Gasteiger partial charge is 0.242 e. The SMILES string of the molecule is CN=C(NCCCOCC1CCCO1)N1CCN(Cc2ccc(Cl)cc2)C(=O)C1.I. The van der Waals surface area contributed by atoms with E-state index in [0.29, 0.717) is 37.9 Å². The van der Waals surface area contributed by atoms with Gasteiger partial charge in [0, 0.05) is 51.5 Å². The lowest BCUT2D eigenvalue weighted by Gasteiger charge is -2.36. The van der Waals surface area contributed by atoms with Crippen molar-refractivity contribution in [2.45, 2.75) is 31.9 Å². The van der Waals surface area contributed by atoms with Gasteiger partial charge < -0.3 is 24.6 Å². The van der Waals surface area contributed by atoms with Crippen LogP contribution in [-0.2, 0) is 20.8 Å². The van der Waals surface area contributed by atoms with Crippen molar-refractivity contribution in [1.29, 1.82) is 0 Å². The Kier molecular flexibility index (Phi) is 11.2. The van der Waals surface area contributed by atoms with Gasteiger partial charge in [0.25, 0.3) is 0 Å². The second-order valence-corrected chi connectivity index (χ2v) is 7.84. The average Bonchev–Trinajstić information content (AvgIpc) is 3.24. The van der Waals surface area contributed by atoms with Gasteiger partial charge in [0.15, 0.2) is 5.96 Å². The van der Waals surface area contributed by atoms with Crippen LogP contribution in [-0.4, -0.2) is 80.8 Å². The molecule has 168 valence electrons. The van der Waals surface area contributed by atoms with Crippen molar-refractivity contribution in [3.63, 3.8) is 0 Å². The molecule has 2 aliphatic heterocycles. The summed E-state index contributed by atoms with van der Waals surface area (Å²) in [5.41, 5.74) is 1.08. The predicted molar refractivity (Wildman–Crippen MR) is 130 cm³/mol. The number of aliphatic imine (C=N–C) groups is 1. The number of carbonyl (C=O) groups is 1. The van der Waals surface area contributed by atoms with Crippen molar-refractivity contribution in [3.05, 3.63) is 34.9 Å². The van der Waals surface area contributed by atoms with Gasteiger partial charge in [-0.15, -0.1) is 24.0 Å². The van der Waals surface area contributed by atoms with Crippen LogP contribution in [0.3, 0.4) is 0 Å². The van der Waals surface area contributed by atoms with Crippen LogP contribution in [0.25, 0.3) is 0 Å². The van der Waals surface area contributed by atoms with Gasteiger partial charge in [0.2, 0.25) is 5.91 Å². The lowest BCUT2D eigenvalue weighted by atomic mass is 10.2. The van der Waals surface area contributed by atoms with Crippen LogP contribution in [0, 0.1) is 0 Å². The highest BCUT2D eigenvalue weighted by molar-refractivity contribution is 14.0. The number of rotatable bonds is 8. The van der Waals surface area contributed by atoms with Crippen LogP contribution in [0.4, 0.5) is 0 Å². The van der Waals surface area contributed by atoms with Crippen molar-refractivity contribution >= 4 is 47.4 Å². The van der Waals surface area contributed by atoms with Crippen molar-refractivity contribution < 1.29 is 14.3 Å². The van der Waals surface area contributed by atoms with Crippen LogP contribution < -0.4 is 5.32 Å². The van der Waals surface area contributed by atoms with E-state index in [1.54, 1.807) is 7.05 Å². The number of guanidine groups is 1. The van der Waals surface area contributed by atoms with Crippen LogP contribution in [0.5, 0.6) is 0 Å². The van der Waals surface area contributed by atoms with Gasteiger partial charge >= 0.3 is 0 Å². The Balaban J connectivity index is 0.00000320. The third kappa shape index (κ3) is 7.86. The highest BCUT2D eigenvalue weighted by Crippen LogP contribution is 2.14. The molecular formula is C21H32ClIN4O3. The summed E-state index contributed by atoms with van der Waals surface area (Å²) in [5.74, 6) is 0.873. The van der Waals surface area contributed by atoms with E-state index in [1.165, 1.54) is 0 Å². The minimum atomic E-state index is 0. The molecule has 1 aromatic carbocycles. The number of nitrogens with zero attached hydrogens (tertiary/aromatic N) is 3. The van der Waals surface area contributed by atoms with Gasteiger partial charge in [-0.25, -0.2) is 0 Å². The summed E-state index contributed by atoms with van der Waals surface area (Å²) in [6, 6.07) is 7.63. The van der Waals surface area contributed by atoms with E-state index in [4.69, 9.17) is 21.1 Å². The molecule has 3 rings (SSSR count). The summed E-state index contributed by atoms with van der Waals surface area (Å²) < 4.78 is 11.2. The van der Waals surface area contributed by atoms with Crippen molar-refractivity contribution in [3.8, 4) is 0 Å². The van der Waals surface area contributed by atoms with Gasteiger partial charge in [0.05, 0.1) is 19.3 Å². The van der Waals surface area contributed by atoms with E-state index < -0.39 is 0 Å². The largest absolute Gasteiger partial charge is 0.379 e. The van der Waals surface area contributed by atoms with Crippen molar-refractivity contribution in [2.24, 2.45) is 4.99 Å². The molecule has 0 aliphatic carbocycles. The number of piperazine rings is 1. The molecule has 1 N–H and O–H groups in total. The first-order valence-electron chi connectivity index (χ1n) is 10.3. The van der Waals surface area contributed by atoms with E-state index in [0.717, 1.165) is 50.5 Å². The molecule has 0 saturated carbocycles. The summed E-state index contributed by atoms with van der Waals surface area (Å²) in [6.45, 7) is 5.37. The van der Waals surface area contributed by atoms with Gasteiger partial charge in [-0.1, -0.05) is 23.7 Å². The standard InChI is InChI=1S/C21H31ClN4O3.HI/c1-23-21(24-9-3-12-28-16-19-4-2-13-29-19)26-11-10-25(20(27)15-26)14-17-5-7-18(22)8-6-17;/h5-8,19H,2-4,9-16H2,1H3,(H,23,24);1H. The zero-order valence-electron chi connectivity index (χ0n) is 17.5. The predicted octanol–water partition coefficient (Wildman–Crippen LogP) is 2.76. The fourth-order valence-electron chi connectivity index (χ4n) is 3.56. The molecule has 2 saturated heterocycles. The average molecular weight is 551 g/mol. The second-order valence-electron chi connectivity index (χ2n) is 7.40. The molecule has 1 unspecified atom stereocenters. The number of amides is 1. The summed E-state index contributed by atoms with van der Waals surface area (Å²) in [5, 5.41) is 4.04. The maximum absolute atomic E-state index is 12.6. The zero-order valence-corrected chi connectivity index (χ0v) is 20.6. The number of ether oxygens (including phenoxy) is 2. The third-order valence-electron chi connectivity index (χ3n) is 5.19. The van der Waals surface area contributed by atoms with Crippen LogP contribution in [0.15, 0.2) is 29.3 Å². The monoisotopic (exact) mass is 550 g/mol. The number of benzene rings is 1. The molecular weight excluding hydrogens is 519 g/mol. The lowest BCUT2D eigenvalue weighted by Crippen LogP contribution is -2.55. The number of halogens is 2. The third-order valence-corrected chi connectivity index (χ3v) is 5.44. The first-order valence-corrected chi connectivity index (χ1v) is 10.7. The number of hydrogen-bond donors (Lipinski definition) is 1. The Bertz CT molecular complexity index is 683. The number of carbonyl (C=O) groups excluding carboxylic acids is 1. The summed E-state index contributed by atoms with van der Waals surface area (Å²) in [6.07, 6.45) is 3.39.